The first-order chi connectivity index (χ1) is 14.3. The van der Waals surface area contributed by atoms with Crippen molar-refractivity contribution in [1.29, 1.82) is 0 Å². The number of anilines is 1. The lowest BCUT2D eigenvalue weighted by Crippen LogP contribution is -2.48. The molecule has 2 heterocycles. The molecule has 0 unspecified atom stereocenters. The topological polar surface area (TPSA) is 66.7 Å². The Hall–Kier alpha value is -2.35. The first-order valence-electron chi connectivity index (χ1n) is 9.82. The number of aryl methyl sites for hydroxylation is 2. The summed E-state index contributed by atoms with van der Waals surface area (Å²) in [5, 5.41) is 4.68. The number of hydrogen-bond donors (Lipinski definition) is 0. The van der Waals surface area contributed by atoms with Crippen molar-refractivity contribution in [3.05, 3.63) is 64.3 Å². The van der Waals surface area contributed by atoms with Crippen LogP contribution in [0.25, 0.3) is 11.3 Å². The quantitative estimate of drug-likeness (QED) is 0.594. The van der Waals surface area contributed by atoms with Gasteiger partial charge in [-0.2, -0.15) is 4.31 Å². The molecule has 0 radical (unpaired) electrons. The summed E-state index contributed by atoms with van der Waals surface area (Å²) < 4.78 is 33.8. The second kappa shape index (κ2) is 8.06. The van der Waals surface area contributed by atoms with Gasteiger partial charge in [0.1, 0.15) is 0 Å². The number of aromatic nitrogens is 1. The van der Waals surface area contributed by atoms with Crippen LogP contribution in [0.2, 0.25) is 5.02 Å². The van der Waals surface area contributed by atoms with E-state index in [1.165, 1.54) is 0 Å². The van der Waals surface area contributed by atoms with Crippen molar-refractivity contribution >= 4 is 27.3 Å². The number of benzene rings is 2. The van der Waals surface area contributed by atoms with Gasteiger partial charge in [0, 0.05) is 48.0 Å². The molecule has 3 aromatic rings. The molecule has 4 rings (SSSR count). The highest BCUT2D eigenvalue weighted by Crippen LogP contribution is 2.31. The second-order valence-corrected chi connectivity index (χ2v) is 9.91. The van der Waals surface area contributed by atoms with E-state index in [0.29, 0.717) is 47.4 Å². The average molecular weight is 446 g/mol. The fourth-order valence-corrected chi connectivity index (χ4v) is 5.48. The maximum Gasteiger partial charge on any atom is 0.243 e. The molecule has 1 aliphatic heterocycles. The smallest absolute Gasteiger partial charge is 0.243 e. The number of sulfonamides is 1. The molecule has 30 heavy (non-hydrogen) atoms. The molecule has 0 N–H and O–H groups in total. The Morgan fingerprint density at radius 3 is 2.23 bits per heavy atom. The van der Waals surface area contributed by atoms with Gasteiger partial charge in [-0.05, 0) is 56.7 Å². The first-order valence-corrected chi connectivity index (χ1v) is 11.6. The molecule has 1 aliphatic rings. The maximum absolute atomic E-state index is 13.4. The van der Waals surface area contributed by atoms with Gasteiger partial charge in [-0.15, -0.1) is 0 Å². The molecule has 0 amide bonds. The molecule has 8 heteroatoms. The van der Waals surface area contributed by atoms with E-state index in [1.807, 2.05) is 57.2 Å². The van der Waals surface area contributed by atoms with Crippen molar-refractivity contribution < 1.29 is 12.9 Å². The van der Waals surface area contributed by atoms with Crippen LogP contribution in [0.5, 0.6) is 0 Å². The molecule has 1 saturated heterocycles. The van der Waals surface area contributed by atoms with Crippen molar-refractivity contribution in [2.75, 3.05) is 31.1 Å². The molecule has 0 bridgehead atoms. The molecule has 1 fully saturated rings. The zero-order valence-electron chi connectivity index (χ0n) is 17.2. The Kier molecular flexibility index (Phi) is 5.61. The SMILES string of the molecule is Cc1ccc(-c2onc(C)c2C)cc1S(=O)(=O)N1CCN(c2ccc(Cl)cc2)CC1. The van der Waals surface area contributed by atoms with Crippen LogP contribution in [-0.4, -0.2) is 44.1 Å². The Bertz CT molecular complexity index is 1160. The van der Waals surface area contributed by atoms with Gasteiger partial charge in [0.25, 0.3) is 0 Å². The van der Waals surface area contributed by atoms with Gasteiger partial charge in [-0.3, -0.25) is 0 Å². The highest BCUT2D eigenvalue weighted by atomic mass is 35.5. The van der Waals surface area contributed by atoms with E-state index >= 15 is 0 Å². The van der Waals surface area contributed by atoms with Crippen molar-refractivity contribution in [2.24, 2.45) is 0 Å². The Labute approximate surface area is 182 Å². The summed E-state index contributed by atoms with van der Waals surface area (Å²) in [5.41, 5.74) is 4.20. The van der Waals surface area contributed by atoms with Crippen LogP contribution < -0.4 is 4.90 Å². The van der Waals surface area contributed by atoms with Gasteiger partial charge in [0.05, 0.1) is 10.6 Å². The van der Waals surface area contributed by atoms with Gasteiger partial charge < -0.3 is 9.42 Å². The summed E-state index contributed by atoms with van der Waals surface area (Å²) in [6.45, 7) is 7.71. The molecule has 158 valence electrons. The van der Waals surface area contributed by atoms with Crippen LogP contribution in [0.4, 0.5) is 5.69 Å². The van der Waals surface area contributed by atoms with E-state index in [-0.39, 0.29) is 0 Å². The molecular weight excluding hydrogens is 422 g/mol. The molecule has 0 aliphatic carbocycles. The summed E-state index contributed by atoms with van der Waals surface area (Å²) in [5.74, 6) is 0.608. The predicted molar refractivity (Wildman–Crippen MR) is 119 cm³/mol. The minimum atomic E-state index is -3.62. The third kappa shape index (κ3) is 3.85. The fourth-order valence-electron chi connectivity index (χ4n) is 3.68. The summed E-state index contributed by atoms with van der Waals surface area (Å²) >= 11 is 5.97. The zero-order chi connectivity index (χ0) is 21.5. The fraction of sp³-hybridized carbons (Fsp3) is 0.318. The number of rotatable bonds is 4. The summed E-state index contributed by atoms with van der Waals surface area (Å²) in [4.78, 5) is 2.49. The Morgan fingerprint density at radius 1 is 0.967 bits per heavy atom. The number of halogens is 1. The van der Waals surface area contributed by atoms with Gasteiger partial charge in [-0.25, -0.2) is 8.42 Å². The molecule has 2 aromatic carbocycles. The van der Waals surface area contributed by atoms with Crippen molar-refractivity contribution in [3.8, 4) is 11.3 Å². The summed E-state index contributed by atoms with van der Waals surface area (Å²) in [6.07, 6.45) is 0. The van der Waals surface area contributed by atoms with Crippen LogP contribution in [0, 0.1) is 20.8 Å². The molecule has 0 atom stereocenters. The maximum atomic E-state index is 13.4. The number of piperazine rings is 1. The van der Waals surface area contributed by atoms with Gasteiger partial charge in [0.15, 0.2) is 5.76 Å². The highest BCUT2D eigenvalue weighted by molar-refractivity contribution is 7.89. The van der Waals surface area contributed by atoms with Crippen molar-refractivity contribution in [2.45, 2.75) is 25.7 Å². The molecule has 1 aromatic heterocycles. The minimum absolute atomic E-state index is 0.313. The van der Waals surface area contributed by atoms with E-state index in [0.717, 1.165) is 22.5 Å². The summed E-state index contributed by atoms with van der Waals surface area (Å²) in [6, 6.07) is 13.0. The normalized spacial score (nSPS) is 15.5. The zero-order valence-corrected chi connectivity index (χ0v) is 18.8. The van der Waals surface area contributed by atoms with Crippen LogP contribution in [0.1, 0.15) is 16.8 Å². The van der Waals surface area contributed by atoms with Crippen LogP contribution in [0.15, 0.2) is 51.9 Å². The van der Waals surface area contributed by atoms with Gasteiger partial charge in [0.2, 0.25) is 10.0 Å². The van der Waals surface area contributed by atoms with Crippen LogP contribution in [-0.2, 0) is 10.0 Å². The third-order valence-corrected chi connectivity index (χ3v) is 7.95. The van der Waals surface area contributed by atoms with Gasteiger partial charge >= 0.3 is 0 Å². The summed E-state index contributed by atoms with van der Waals surface area (Å²) in [7, 11) is -3.62. The van der Waals surface area contributed by atoms with E-state index in [1.54, 1.807) is 10.4 Å². The van der Waals surface area contributed by atoms with Crippen molar-refractivity contribution in [1.82, 2.24) is 9.46 Å². The standard InChI is InChI=1S/C22H24ClN3O3S/c1-15-4-5-18(22-16(2)17(3)24-29-22)14-21(15)30(27,28)26-12-10-25(11-13-26)20-8-6-19(23)7-9-20/h4-9,14H,10-13H2,1-3H3. The van der Waals surface area contributed by atoms with Gasteiger partial charge in [-0.1, -0.05) is 28.9 Å². The van der Waals surface area contributed by atoms with E-state index in [4.69, 9.17) is 16.1 Å². The lowest BCUT2D eigenvalue weighted by molar-refractivity contribution is 0.384. The van der Waals surface area contributed by atoms with Crippen LogP contribution >= 0.6 is 11.6 Å². The number of nitrogens with zero attached hydrogens (tertiary/aromatic N) is 3. The largest absolute Gasteiger partial charge is 0.369 e. The molecule has 6 nitrogen and oxygen atoms in total. The highest BCUT2D eigenvalue weighted by Gasteiger charge is 2.30. The minimum Gasteiger partial charge on any atom is -0.369 e. The molecule has 0 spiro atoms. The monoisotopic (exact) mass is 445 g/mol. The van der Waals surface area contributed by atoms with Crippen LogP contribution in [0.3, 0.4) is 0 Å². The predicted octanol–water partition coefficient (Wildman–Crippen LogP) is 4.43. The first kappa shape index (κ1) is 20.9. The van der Waals surface area contributed by atoms with E-state index in [9.17, 15) is 8.42 Å². The van der Waals surface area contributed by atoms with Crippen molar-refractivity contribution in [3.63, 3.8) is 0 Å². The third-order valence-electron chi connectivity index (χ3n) is 5.66. The lowest BCUT2D eigenvalue weighted by Gasteiger charge is -2.35. The molecular formula is C22H24ClN3O3S. The average Bonchev–Trinajstić information content (AvgIpc) is 3.07. The molecule has 0 saturated carbocycles. The number of hydrogen-bond acceptors (Lipinski definition) is 5. The Balaban J connectivity index is 1.57. The second-order valence-electron chi connectivity index (χ2n) is 7.57. The Morgan fingerprint density at radius 2 is 1.63 bits per heavy atom. The van der Waals surface area contributed by atoms with E-state index < -0.39 is 10.0 Å². The van der Waals surface area contributed by atoms with E-state index in [2.05, 4.69) is 10.1 Å². The lowest BCUT2D eigenvalue weighted by atomic mass is 10.1.